The van der Waals surface area contributed by atoms with Crippen molar-refractivity contribution in [2.45, 2.75) is 6.92 Å². The molecule has 0 aliphatic carbocycles. The van der Waals surface area contributed by atoms with Crippen LogP contribution in [0.1, 0.15) is 17.3 Å². The maximum absolute atomic E-state index is 12.0. The summed E-state index contributed by atoms with van der Waals surface area (Å²) in [6.07, 6.45) is 2.11. The van der Waals surface area contributed by atoms with Gasteiger partial charge in [-0.15, -0.1) is 0 Å². The van der Waals surface area contributed by atoms with Crippen LogP contribution in [-0.2, 0) is 4.74 Å². The van der Waals surface area contributed by atoms with Gasteiger partial charge in [-0.1, -0.05) is 42.5 Å². The largest absolute Gasteiger partial charge is 0.462 e. The van der Waals surface area contributed by atoms with Crippen molar-refractivity contribution in [2.24, 2.45) is 0 Å². The molecule has 5 aromatic rings. The van der Waals surface area contributed by atoms with Gasteiger partial charge in [0.15, 0.2) is 0 Å². The Balaban J connectivity index is 1.73. The quantitative estimate of drug-likeness (QED) is 0.406. The van der Waals surface area contributed by atoms with E-state index in [2.05, 4.69) is 33.4 Å². The number of imidazole rings is 2. The van der Waals surface area contributed by atoms with Gasteiger partial charge in [0.1, 0.15) is 0 Å². The van der Waals surface area contributed by atoms with Gasteiger partial charge in [0.25, 0.3) is 0 Å². The van der Waals surface area contributed by atoms with Crippen LogP contribution >= 0.6 is 0 Å². The molecular formula is C24H19N3O2. The lowest BCUT2D eigenvalue weighted by Gasteiger charge is -2.10. The summed E-state index contributed by atoms with van der Waals surface area (Å²) in [5, 5.41) is 0. The van der Waals surface area contributed by atoms with Crippen molar-refractivity contribution < 1.29 is 9.53 Å². The minimum atomic E-state index is -0.313. The molecule has 0 saturated heterocycles. The van der Waals surface area contributed by atoms with Gasteiger partial charge < -0.3 is 4.74 Å². The maximum atomic E-state index is 12.0. The topological polar surface area (TPSA) is 48.5 Å². The average molecular weight is 381 g/mol. The average Bonchev–Trinajstić information content (AvgIpc) is 3.31. The predicted octanol–water partition coefficient (Wildman–Crippen LogP) is 5.12. The lowest BCUT2D eigenvalue weighted by molar-refractivity contribution is 0.0526. The van der Waals surface area contributed by atoms with Gasteiger partial charge in [0.05, 0.1) is 28.9 Å². The third kappa shape index (κ3) is 2.88. The molecule has 2 heterocycles. The fraction of sp³-hybridized carbons (Fsp3) is 0.0833. The monoisotopic (exact) mass is 381 g/mol. The summed E-state index contributed by atoms with van der Waals surface area (Å²) in [6.45, 7) is 2.16. The standard InChI is InChI=1S/C24H19N3O2/c1-2-29-23(28)18-12-14-19(15-13-18)27-22(17-8-4-3-5-9-17)16-26-21-11-7-6-10-20(21)25-24(26)27/h3-16H,2H2,1H3. The fourth-order valence-electron chi connectivity index (χ4n) is 3.63. The van der Waals surface area contributed by atoms with Crippen LogP contribution in [-0.4, -0.2) is 26.5 Å². The predicted molar refractivity (Wildman–Crippen MR) is 113 cm³/mol. The molecule has 0 aliphatic heterocycles. The Morgan fingerprint density at radius 2 is 1.66 bits per heavy atom. The minimum absolute atomic E-state index is 0.313. The first-order valence-electron chi connectivity index (χ1n) is 9.58. The van der Waals surface area contributed by atoms with Gasteiger partial charge in [-0.25, -0.2) is 9.78 Å². The van der Waals surface area contributed by atoms with Crippen LogP contribution in [0, 0.1) is 0 Å². The third-order valence-electron chi connectivity index (χ3n) is 4.98. The van der Waals surface area contributed by atoms with Gasteiger partial charge in [-0.2, -0.15) is 0 Å². The minimum Gasteiger partial charge on any atom is -0.462 e. The Morgan fingerprint density at radius 3 is 2.41 bits per heavy atom. The molecule has 0 amide bonds. The summed E-state index contributed by atoms with van der Waals surface area (Å²) in [5.41, 5.74) is 5.59. The van der Waals surface area contributed by atoms with Crippen molar-refractivity contribution in [1.29, 1.82) is 0 Å². The van der Waals surface area contributed by atoms with Crippen LogP contribution in [0.15, 0.2) is 85.1 Å². The number of hydrogen-bond donors (Lipinski definition) is 0. The fourth-order valence-corrected chi connectivity index (χ4v) is 3.63. The lowest BCUT2D eigenvalue weighted by Crippen LogP contribution is -2.05. The molecule has 0 radical (unpaired) electrons. The number of carbonyl (C=O) groups excluding carboxylic acids is 1. The summed E-state index contributed by atoms with van der Waals surface area (Å²) in [7, 11) is 0. The van der Waals surface area contributed by atoms with Crippen LogP contribution in [0.3, 0.4) is 0 Å². The molecule has 0 bridgehead atoms. The second kappa shape index (κ2) is 6.95. The number of nitrogens with zero attached hydrogens (tertiary/aromatic N) is 3. The first-order valence-corrected chi connectivity index (χ1v) is 9.58. The van der Waals surface area contributed by atoms with Gasteiger partial charge in [0, 0.05) is 17.4 Å². The number of carbonyl (C=O) groups is 1. The number of benzene rings is 3. The number of para-hydroxylation sites is 2. The van der Waals surface area contributed by atoms with Crippen molar-refractivity contribution in [3.8, 4) is 16.9 Å². The molecule has 29 heavy (non-hydrogen) atoms. The number of aromatic nitrogens is 3. The van der Waals surface area contributed by atoms with Crippen molar-refractivity contribution in [1.82, 2.24) is 14.0 Å². The van der Waals surface area contributed by atoms with E-state index in [0.717, 1.165) is 33.8 Å². The molecule has 3 aromatic carbocycles. The van der Waals surface area contributed by atoms with Crippen molar-refractivity contribution in [3.63, 3.8) is 0 Å². The molecule has 142 valence electrons. The van der Waals surface area contributed by atoms with E-state index in [0.29, 0.717) is 12.2 Å². The van der Waals surface area contributed by atoms with Gasteiger partial charge in [-0.3, -0.25) is 8.97 Å². The van der Waals surface area contributed by atoms with E-state index in [1.807, 2.05) is 48.5 Å². The molecule has 5 rings (SSSR count). The number of rotatable bonds is 4. The zero-order valence-corrected chi connectivity index (χ0v) is 15.9. The first kappa shape index (κ1) is 17.3. The molecule has 5 nitrogen and oxygen atoms in total. The zero-order chi connectivity index (χ0) is 19.8. The van der Waals surface area contributed by atoms with Gasteiger partial charge >= 0.3 is 5.97 Å². The second-order valence-electron chi connectivity index (χ2n) is 6.75. The van der Waals surface area contributed by atoms with Crippen molar-refractivity contribution in [2.75, 3.05) is 6.61 Å². The Labute approximate surface area is 167 Å². The van der Waals surface area contributed by atoms with E-state index < -0.39 is 0 Å². The number of hydrogen-bond acceptors (Lipinski definition) is 3. The summed E-state index contributed by atoms with van der Waals surface area (Å²) in [5.74, 6) is 0.514. The highest BCUT2D eigenvalue weighted by atomic mass is 16.5. The van der Waals surface area contributed by atoms with Crippen LogP contribution < -0.4 is 0 Å². The molecule has 0 saturated carbocycles. The van der Waals surface area contributed by atoms with Crippen molar-refractivity contribution in [3.05, 3.63) is 90.6 Å². The normalized spacial score (nSPS) is 11.2. The molecule has 0 atom stereocenters. The van der Waals surface area contributed by atoms with Gasteiger partial charge in [-0.05, 0) is 43.3 Å². The molecular weight excluding hydrogens is 362 g/mol. The van der Waals surface area contributed by atoms with E-state index in [4.69, 9.17) is 9.72 Å². The van der Waals surface area contributed by atoms with Crippen LogP contribution in [0.25, 0.3) is 33.8 Å². The summed E-state index contributed by atoms with van der Waals surface area (Å²) >= 11 is 0. The highest BCUT2D eigenvalue weighted by molar-refractivity contribution is 5.89. The van der Waals surface area contributed by atoms with Crippen LogP contribution in [0.2, 0.25) is 0 Å². The highest BCUT2D eigenvalue weighted by Crippen LogP contribution is 2.29. The Bertz CT molecular complexity index is 1320. The van der Waals surface area contributed by atoms with E-state index in [-0.39, 0.29) is 5.97 Å². The zero-order valence-electron chi connectivity index (χ0n) is 15.9. The smallest absolute Gasteiger partial charge is 0.338 e. The van der Waals surface area contributed by atoms with E-state index in [9.17, 15) is 4.79 Å². The van der Waals surface area contributed by atoms with Gasteiger partial charge in [0.2, 0.25) is 5.78 Å². The number of fused-ring (bicyclic) bond motifs is 3. The molecule has 5 heteroatoms. The van der Waals surface area contributed by atoms with Crippen LogP contribution in [0.5, 0.6) is 0 Å². The molecule has 2 aromatic heterocycles. The Hall–Kier alpha value is -3.86. The summed E-state index contributed by atoms with van der Waals surface area (Å²) < 4.78 is 9.32. The maximum Gasteiger partial charge on any atom is 0.338 e. The molecule has 0 fully saturated rings. The van der Waals surface area contributed by atoms with Crippen LogP contribution in [0.4, 0.5) is 0 Å². The van der Waals surface area contributed by atoms with Crippen molar-refractivity contribution >= 4 is 22.8 Å². The summed E-state index contributed by atoms with van der Waals surface area (Å²) in [4.78, 5) is 16.9. The number of ether oxygens (including phenoxy) is 1. The molecule has 0 N–H and O–H groups in total. The molecule has 0 aliphatic rings. The molecule has 0 spiro atoms. The Morgan fingerprint density at radius 1 is 0.931 bits per heavy atom. The first-order chi connectivity index (χ1) is 14.3. The van der Waals surface area contributed by atoms with E-state index >= 15 is 0 Å². The summed E-state index contributed by atoms with van der Waals surface area (Å²) in [6, 6.07) is 25.8. The van der Waals surface area contributed by atoms with E-state index in [1.165, 1.54) is 0 Å². The van der Waals surface area contributed by atoms with E-state index in [1.54, 1.807) is 19.1 Å². The molecule has 0 unspecified atom stereocenters. The number of esters is 1. The lowest BCUT2D eigenvalue weighted by atomic mass is 10.1. The SMILES string of the molecule is CCOC(=O)c1ccc(-n2c(-c3ccccc3)cn3c4ccccc4nc23)cc1. The highest BCUT2D eigenvalue weighted by Gasteiger charge is 2.17. The Kier molecular flexibility index (Phi) is 4.13. The second-order valence-corrected chi connectivity index (χ2v) is 6.75. The third-order valence-corrected chi connectivity index (χ3v) is 4.98.